The van der Waals surface area contributed by atoms with Crippen LogP contribution in [-0.2, 0) is 36.0 Å². The number of nitrogens with one attached hydrogen (secondary N) is 1. The molecule has 2 aliphatic heterocycles. The third-order valence-electron chi connectivity index (χ3n) is 7.14. The van der Waals surface area contributed by atoms with Gasteiger partial charge in [-0.3, -0.25) is 19.7 Å². The number of carbonyl (C=O) groups is 3. The molecule has 1 atom stereocenters. The highest BCUT2D eigenvalue weighted by atomic mass is 16.2. The van der Waals surface area contributed by atoms with Crippen molar-refractivity contribution in [3.8, 4) is 22.5 Å². The molecule has 0 spiro atoms. The van der Waals surface area contributed by atoms with Crippen molar-refractivity contribution in [1.29, 1.82) is 0 Å². The molecule has 1 saturated heterocycles. The van der Waals surface area contributed by atoms with Gasteiger partial charge in [-0.25, -0.2) is 4.98 Å². The molecule has 3 aromatic rings. The number of amides is 3. The highest BCUT2D eigenvalue weighted by molar-refractivity contribution is 6.05. The maximum Gasteiger partial charge on any atom is 0.255 e. The number of fused-ring (bicyclic) bond motifs is 2. The van der Waals surface area contributed by atoms with E-state index in [1.165, 1.54) is 23.1 Å². The smallest absolute Gasteiger partial charge is 0.255 e. The minimum absolute atomic E-state index is 0.159. The zero-order valence-corrected chi connectivity index (χ0v) is 18.4. The minimum atomic E-state index is -0.608. The topological polar surface area (TPSA) is 84.3 Å². The molecule has 1 aromatic heterocycles. The van der Waals surface area contributed by atoms with Crippen LogP contribution in [0.3, 0.4) is 0 Å². The number of hydrogen-bond acceptors (Lipinski definition) is 4. The van der Waals surface area contributed by atoms with Crippen molar-refractivity contribution in [2.75, 3.05) is 0 Å². The SMILES string of the molecule is Cn1cnc(-c2ccc3c(c2)CN(C2CCC(=O)NC2=O)C3=O)c1-c1cccc2c1CCC2. The molecule has 2 aromatic carbocycles. The van der Waals surface area contributed by atoms with Crippen molar-refractivity contribution in [2.24, 2.45) is 7.05 Å². The van der Waals surface area contributed by atoms with Crippen molar-refractivity contribution in [2.45, 2.75) is 44.7 Å². The Morgan fingerprint density at radius 2 is 1.88 bits per heavy atom. The lowest BCUT2D eigenvalue weighted by Crippen LogP contribution is -2.52. The maximum absolute atomic E-state index is 13.0. The lowest BCUT2D eigenvalue weighted by molar-refractivity contribution is -0.136. The molecule has 3 amide bonds. The van der Waals surface area contributed by atoms with Crippen molar-refractivity contribution in [3.63, 3.8) is 0 Å². The van der Waals surface area contributed by atoms with Crippen LogP contribution >= 0.6 is 0 Å². The van der Waals surface area contributed by atoms with E-state index in [0.717, 1.165) is 35.4 Å². The molecule has 0 saturated carbocycles. The maximum atomic E-state index is 13.0. The number of nitrogens with zero attached hydrogens (tertiary/aromatic N) is 3. The van der Waals surface area contributed by atoms with Gasteiger partial charge in [-0.2, -0.15) is 0 Å². The lowest BCUT2D eigenvalue weighted by atomic mass is 9.96. The summed E-state index contributed by atoms with van der Waals surface area (Å²) in [7, 11) is 2.02. The molecule has 0 radical (unpaired) electrons. The zero-order chi connectivity index (χ0) is 22.7. The summed E-state index contributed by atoms with van der Waals surface area (Å²) < 4.78 is 2.07. The molecular weight excluding hydrogens is 416 g/mol. The van der Waals surface area contributed by atoms with Crippen LogP contribution in [0.2, 0.25) is 0 Å². The number of aryl methyl sites for hydroxylation is 2. The van der Waals surface area contributed by atoms with Gasteiger partial charge in [0.25, 0.3) is 5.91 Å². The first kappa shape index (κ1) is 19.9. The molecule has 7 heteroatoms. The highest BCUT2D eigenvalue weighted by Gasteiger charge is 2.39. The average molecular weight is 441 g/mol. The van der Waals surface area contributed by atoms with Crippen LogP contribution in [0.4, 0.5) is 0 Å². The van der Waals surface area contributed by atoms with E-state index in [0.29, 0.717) is 18.5 Å². The van der Waals surface area contributed by atoms with Crippen LogP contribution in [0.15, 0.2) is 42.7 Å². The van der Waals surface area contributed by atoms with E-state index < -0.39 is 11.9 Å². The standard InChI is InChI=1S/C26H24N4O3/c1-29-14-27-23(24(29)20-7-3-5-15-4-2-6-18(15)20)16-8-9-19-17(12-16)13-30(26(19)33)21-10-11-22(31)28-25(21)32/h3,5,7-9,12,14,21H,2,4,6,10-11,13H2,1H3,(H,28,31,32). The Bertz CT molecular complexity index is 1340. The molecule has 1 N–H and O–H groups in total. The lowest BCUT2D eigenvalue weighted by Gasteiger charge is -2.29. The molecule has 6 rings (SSSR count). The number of rotatable bonds is 3. The molecule has 166 valence electrons. The van der Waals surface area contributed by atoms with E-state index >= 15 is 0 Å². The van der Waals surface area contributed by atoms with Crippen molar-refractivity contribution in [1.82, 2.24) is 19.8 Å². The fourth-order valence-electron chi connectivity index (χ4n) is 5.52. The van der Waals surface area contributed by atoms with Gasteiger partial charge in [0.2, 0.25) is 11.8 Å². The van der Waals surface area contributed by atoms with E-state index in [1.807, 2.05) is 31.6 Å². The first-order chi connectivity index (χ1) is 16.0. The predicted octanol–water partition coefficient (Wildman–Crippen LogP) is 3.00. The van der Waals surface area contributed by atoms with Crippen LogP contribution in [0.1, 0.15) is 46.3 Å². The van der Waals surface area contributed by atoms with E-state index in [2.05, 4.69) is 28.1 Å². The summed E-state index contributed by atoms with van der Waals surface area (Å²) in [5, 5.41) is 2.36. The third kappa shape index (κ3) is 3.10. The molecule has 1 aliphatic carbocycles. The summed E-state index contributed by atoms with van der Waals surface area (Å²) in [6.07, 6.45) is 5.83. The third-order valence-corrected chi connectivity index (χ3v) is 7.14. The van der Waals surface area contributed by atoms with Gasteiger partial charge in [-0.05, 0) is 54.5 Å². The normalized spacial score (nSPS) is 19.6. The molecule has 1 fully saturated rings. The van der Waals surface area contributed by atoms with Gasteiger partial charge in [0.1, 0.15) is 6.04 Å². The summed E-state index contributed by atoms with van der Waals surface area (Å²) in [5.41, 5.74) is 8.48. The Morgan fingerprint density at radius 3 is 2.73 bits per heavy atom. The fourth-order valence-corrected chi connectivity index (χ4v) is 5.52. The number of hydrogen-bond donors (Lipinski definition) is 1. The van der Waals surface area contributed by atoms with E-state index in [-0.39, 0.29) is 18.2 Å². The van der Waals surface area contributed by atoms with Crippen LogP contribution in [0.5, 0.6) is 0 Å². The van der Waals surface area contributed by atoms with Crippen LogP contribution in [0.25, 0.3) is 22.5 Å². The van der Waals surface area contributed by atoms with Gasteiger partial charge >= 0.3 is 0 Å². The van der Waals surface area contributed by atoms with Gasteiger partial charge in [0.15, 0.2) is 0 Å². The minimum Gasteiger partial charge on any atom is -0.333 e. The Labute approximate surface area is 191 Å². The Balaban J connectivity index is 1.37. The van der Waals surface area contributed by atoms with Gasteiger partial charge < -0.3 is 9.47 Å². The Kier molecular flexibility index (Phi) is 4.47. The quantitative estimate of drug-likeness (QED) is 0.635. The van der Waals surface area contributed by atoms with Crippen molar-refractivity contribution in [3.05, 3.63) is 65.0 Å². The first-order valence-corrected chi connectivity index (χ1v) is 11.4. The predicted molar refractivity (Wildman–Crippen MR) is 122 cm³/mol. The number of imidazole rings is 1. The largest absolute Gasteiger partial charge is 0.333 e. The molecule has 3 aliphatic rings. The second-order valence-corrected chi connectivity index (χ2v) is 9.12. The molecule has 0 bridgehead atoms. The summed E-state index contributed by atoms with van der Waals surface area (Å²) in [4.78, 5) is 43.2. The van der Waals surface area contributed by atoms with Gasteiger partial charge in [0, 0.05) is 36.7 Å². The molecule has 1 unspecified atom stereocenters. The van der Waals surface area contributed by atoms with E-state index in [4.69, 9.17) is 4.98 Å². The van der Waals surface area contributed by atoms with Gasteiger partial charge in [-0.15, -0.1) is 0 Å². The summed E-state index contributed by atoms with van der Waals surface area (Å²) in [6.45, 7) is 0.358. The monoisotopic (exact) mass is 440 g/mol. The summed E-state index contributed by atoms with van der Waals surface area (Å²) in [6, 6.07) is 11.7. The van der Waals surface area contributed by atoms with E-state index in [1.54, 1.807) is 4.90 Å². The fraction of sp³-hybridized carbons (Fsp3) is 0.308. The molecule has 33 heavy (non-hydrogen) atoms. The van der Waals surface area contributed by atoms with Crippen LogP contribution < -0.4 is 5.32 Å². The van der Waals surface area contributed by atoms with Gasteiger partial charge in [-0.1, -0.05) is 24.3 Å². The van der Waals surface area contributed by atoms with Crippen molar-refractivity contribution < 1.29 is 14.4 Å². The first-order valence-electron chi connectivity index (χ1n) is 11.4. The molecule has 7 nitrogen and oxygen atoms in total. The highest BCUT2D eigenvalue weighted by Crippen LogP contribution is 2.38. The molecule has 3 heterocycles. The average Bonchev–Trinajstić information content (AvgIpc) is 3.51. The van der Waals surface area contributed by atoms with Crippen LogP contribution in [-0.4, -0.2) is 38.2 Å². The summed E-state index contributed by atoms with van der Waals surface area (Å²) >= 11 is 0. The Morgan fingerprint density at radius 1 is 1.00 bits per heavy atom. The number of aromatic nitrogens is 2. The second-order valence-electron chi connectivity index (χ2n) is 9.12. The molecular formula is C26H24N4O3. The van der Waals surface area contributed by atoms with Gasteiger partial charge in [0.05, 0.1) is 17.7 Å². The van der Waals surface area contributed by atoms with E-state index in [9.17, 15) is 14.4 Å². The number of imide groups is 1. The van der Waals surface area contributed by atoms with Crippen molar-refractivity contribution >= 4 is 17.7 Å². The number of piperidine rings is 1. The number of carbonyl (C=O) groups excluding carboxylic acids is 3. The summed E-state index contributed by atoms with van der Waals surface area (Å²) in [5.74, 6) is -0.830. The zero-order valence-electron chi connectivity index (χ0n) is 18.4. The number of benzene rings is 2. The second kappa shape index (κ2) is 7.40. The Hall–Kier alpha value is -3.74. The van der Waals surface area contributed by atoms with Crippen LogP contribution in [0, 0.1) is 0 Å².